The molecule has 0 aliphatic rings. The highest BCUT2D eigenvalue weighted by molar-refractivity contribution is 7.19. The van der Waals surface area contributed by atoms with E-state index < -0.39 is 5.97 Å². The van der Waals surface area contributed by atoms with E-state index in [0.29, 0.717) is 10.0 Å². The van der Waals surface area contributed by atoms with Crippen LogP contribution in [-0.4, -0.2) is 16.9 Å². The number of esters is 1. The summed E-state index contributed by atoms with van der Waals surface area (Å²) in [6.45, 7) is 2.71. The third kappa shape index (κ3) is 3.38. The standard InChI is InChI=1S/C13H12N2O3S/c1-8(16)14-13-15-12(18-9(2)17)11(19-13)10-6-4-3-5-7-10/h3-7H,1-2H3,(H,14,15,16). The van der Waals surface area contributed by atoms with Crippen LogP contribution < -0.4 is 10.1 Å². The van der Waals surface area contributed by atoms with Crippen LogP contribution in [0.3, 0.4) is 0 Å². The van der Waals surface area contributed by atoms with Gasteiger partial charge in [-0.25, -0.2) is 0 Å². The molecule has 0 bridgehead atoms. The molecule has 0 saturated carbocycles. The molecule has 1 heterocycles. The maximum Gasteiger partial charge on any atom is 0.309 e. The normalized spacial score (nSPS) is 10.0. The number of nitrogens with one attached hydrogen (secondary N) is 1. The zero-order chi connectivity index (χ0) is 13.8. The molecule has 19 heavy (non-hydrogen) atoms. The lowest BCUT2D eigenvalue weighted by atomic mass is 10.2. The first-order valence-electron chi connectivity index (χ1n) is 5.58. The lowest BCUT2D eigenvalue weighted by Gasteiger charge is -2.00. The molecule has 2 rings (SSSR count). The van der Waals surface area contributed by atoms with Crippen molar-refractivity contribution in [1.82, 2.24) is 4.98 Å². The molecule has 2 aromatic rings. The Morgan fingerprint density at radius 3 is 2.47 bits per heavy atom. The van der Waals surface area contributed by atoms with Crippen LogP contribution in [0.2, 0.25) is 0 Å². The van der Waals surface area contributed by atoms with Crippen LogP contribution in [0.15, 0.2) is 30.3 Å². The van der Waals surface area contributed by atoms with E-state index in [4.69, 9.17) is 4.74 Å². The fourth-order valence-corrected chi connectivity index (χ4v) is 2.43. The number of carbonyl (C=O) groups is 2. The van der Waals surface area contributed by atoms with Crippen LogP contribution in [0.5, 0.6) is 5.88 Å². The molecule has 0 saturated heterocycles. The molecular weight excluding hydrogens is 264 g/mol. The summed E-state index contributed by atoms with van der Waals surface area (Å²) in [4.78, 5) is 26.9. The van der Waals surface area contributed by atoms with Crippen molar-refractivity contribution >= 4 is 28.3 Å². The van der Waals surface area contributed by atoms with Crippen molar-refractivity contribution in [2.45, 2.75) is 13.8 Å². The molecule has 0 aliphatic heterocycles. The van der Waals surface area contributed by atoms with Crippen molar-refractivity contribution < 1.29 is 14.3 Å². The number of amides is 1. The van der Waals surface area contributed by atoms with Crippen LogP contribution in [-0.2, 0) is 9.59 Å². The first-order valence-corrected chi connectivity index (χ1v) is 6.40. The topological polar surface area (TPSA) is 68.3 Å². The average molecular weight is 276 g/mol. The van der Waals surface area contributed by atoms with E-state index in [9.17, 15) is 9.59 Å². The largest absolute Gasteiger partial charge is 0.406 e. The molecule has 6 heteroatoms. The molecular formula is C13H12N2O3S. The van der Waals surface area contributed by atoms with Gasteiger partial charge in [-0.1, -0.05) is 41.7 Å². The maximum absolute atomic E-state index is 11.1. The van der Waals surface area contributed by atoms with Gasteiger partial charge >= 0.3 is 5.97 Å². The number of hydrogen-bond acceptors (Lipinski definition) is 5. The Balaban J connectivity index is 2.42. The van der Waals surface area contributed by atoms with Crippen molar-refractivity contribution in [3.8, 4) is 16.3 Å². The Morgan fingerprint density at radius 2 is 1.89 bits per heavy atom. The van der Waals surface area contributed by atoms with Gasteiger partial charge in [-0.2, -0.15) is 4.98 Å². The molecule has 0 unspecified atom stereocenters. The smallest absolute Gasteiger partial charge is 0.309 e. The fourth-order valence-electron chi connectivity index (χ4n) is 1.49. The van der Waals surface area contributed by atoms with Gasteiger partial charge in [0.1, 0.15) is 4.88 Å². The van der Waals surface area contributed by atoms with Crippen molar-refractivity contribution in [2.75, 3.05) is 5.32 Å². The van der Waals surface area contributed by atoms with E-state index in [1.165, 1.54) is 25.2 Å². The summed E-state index contributed by atoms with van der Waals surface area (Å²) < 4.78 is 5.07. The van der Waals surface area contributed by atoms with Gasteiger partial charge in [-0.05, 0) is 5.56 Å². The van der Waals surface area contributed by atoms with Crippen LogP contribution in [0.1, 0.15) is 13.8 Å². The first kappa shape index (κ1) is 13.2. The number of carbonyl (C=O) groups excluding carboxylic acids is 2. The van der Waals surface area contributed by atoms with Gasteiger partial charge in [-0.15, -0.1) is 0 Å². The third-order valence-corrected chi connectivity index (χ3v) is 3.16. The van der Waals surface area contributed by atoms with Gasteiger partial charge in [0.2, 0.25) is 11.8 Å². The maximum atomic E-state index is 11.1. The fraction of sp³-hybridized carbons (Fsp3) is 0.154. The quantitative estimate of drug-likeness (QED) is 0.875. The average Bonchev–Trinajstić information content (AvgIpc) is 2.71. The molecule has 0 atom stereocenters. The van der Waals surface area contributed by atoms with Crippen molar-refractivity contribution in [3.63, 3.8) is 0 Å². The van der Waals surface area contributed by atoms with Crippen molar-refractivity contribution in [1.29, 1.82) is 0 Å². The summed E-state index contributed by atoms with van der Waals surface area (Å²) in [5.41, 5.74) is 0.882. The lowest BCUT2D eigenvalue weighted by molar-refractivity contribution is -0.132. The van der Waals surface area contributed by atoms with Crippen LogP contribution >= 0.6 is 11.3 Å². The number of nitrogens with zero attached hydrogens (tertiary/aromatic N) is 1. The molecule has 1 aromatic heterocycles. The van der Waals surface area contributed by atoms with Gasteiger partial charge in [0.25, 0.3) is 0 Å². The van der Waals surface area contributed by atoms with Crippen molar-refractivity contribution in [2.24, 2.45) is 0 Å². The monoisotopic (exact) mass is 276 g/mol. The van der Waals surface area contributed by atoms with E-state index in [1.807, 2.05) is 30.3 Å². The predicted octanol–water partition coefficient (Wildman–Crippen LogP) is 2.69. The van der Waals surface area contributed by atoms with Gasteiger partial charge in [-0.3, -0.25) is 9.59 Å². The Labute approximate surface area is 114 Å². The van der Waals surface area contributed by atoms with E-state index in [2.05, 4.69) is 10.3 Å². The van der Waals surface area contributed by atoms with E-state index in [1.54, 1.807) is 0 Å². The molecule has 0 fully saturated rings. The Bertz CT molecular complexity index is 608. The molecule has 1 amide bonds. The molecule has 0 aliphatic carbocycles. The van der Waals surface area contributed by atoms with Crippen LogP contribution in [0, 0.1) is 0 Å². The molecule has 5 nitrogen and oxygen atoms in total. The summed E-state index contributed by atoms with van der Waals surface area (Å²) >= 11 is 1.26. The van der Waals surface area contributed by atoms with Gasteiger partial charge < -0.3 is 10.1 Å². The van der Waals surface area contributed by atoms with E-state index in [0.717, 1.165) is 5.56 Å². The Morgan fingerprint density at radius 1 is 1.21 bits per heavy atom. The molecule has 0 radical (unpaired) electrons. The summed E-state index contributed by atoms with van der Waals surface area (Å²) in [6.07, 6.45) is 0. The first-order chi connectivity index (χ1) is 9.06. The van der Waals surface area contributed by atoms with Gasteiger partial charge in [0.05, 0.1) is 0 Å². The molecule has 98 valence electrons. The van der Waals surface area contributed by atoms with Gasteiger partial charge in [0.15, 0.2) is 5.13 Å². The number of anilines is 1. The zero-order valence-electron chi connectivity index (χ0n) is 10.5. The zero-order valence-corrected chi connectivity index (χ0v) is 11.3. The number of ether oxygens (including phenoxy) is 1. The summed E-state index contributed by atoms with van der Waals surface area (Å²) in [5.74, 6) is -0.452. The van der Waals surface area contributed by atoms with E-state index >= 15 is 0 Å². The highest BCUT2D eigenvalue weighted by Crippen LogP contribution is 2.38. The minimum atomic E-state index is -0.447. The number of rotatable bonds is 3. The highest BCUT2D eigenvalue weighted by Gasteiger charge is 2.16. The van der Waals surface area contributed by atoms with Crippen molar-refractivity contribution in [3.05, 3.63) is 30.3 Å². The van der Waals surface area contributed by atoms with Gasteiger partial charge in [0, 0.05) is 13.8 Å². The third-order valence-electron chi connectivity index (χ3n) is 2.16. The SMILES string of the molecule is CC(=O)Nc1nc(OC(C)=O)c(-c2ccccc2)s1. The van der Waals surface area contributed by atoms with Crippen LogP contribution in [0.4, 0.5) is 5.13 Å². The molecule has 0 spiro atoms. The Kier molecular flexibility index (Phi) is 3.91. The second kappa shape index (κ2) is 5.62. The number of thiazole rings is 1. The Hall–Kier alpha value is -2.21. The summed E-state index contributed by atoms with van der Waals surface area (Å²) in [7, 11) is 0. The second-order valence-corrected chi connectivity index (χ2v) is 4.79. The number of benzene rings is 1. The molecule has 1 N–H and O–H groups in total. The highest BCUT2D eigenvalue weighted by atomic mass is 32.1. The minimum Gasteiger partial charge on any atom is -0.406 e. The number of aromatic nitrogens is 1. The summed E-state index contributed by atoms with van der Waals surface area (Å²) in [6, 6.07) is 9.43. The predicted molar refractivity (Wildman–Crippen MR) is 73.2 cm³/mol. The summed E-state index contributed by atoms with van der Waals surface area (Å²) in [5, 5.41) is 2.99. The molecule has 1 aromatic carbocycles. The van der Waals surface area contributed by atoms with E-state index in [-0.39, 0.29) is 11.8 Å². The lowest BCUT2D eigenvalue weighted by Crippen LogP contribution is -2.06. The van der Waals surface area contributed by atoms with Crippen LogP contribution in [0.25, 0.3) is 10.4 Å². The minimum absolute atomic E-state index is 0.215. The second-order valence-electron chi connectivity index (χ2n) is 3.79. The number of hydrogen-bond donors (Lipinski definition) is 1.